The molecule has 1 aliphatic rings. The van der Waals surface area contributed by atoms with Gasteiger partial charge in [-0.05, 0) is 42.0 Å². The molecule has 3 aromatic rings. The molecule has 0 aliphatic carbocycles. The number of hydrogen-bond donors (Lipinski definition) is 1. The minimum atomic E-state index is -0.664. The Hall–Kier alpha value is -3.41. The van der Waals surface area contributed by atoms with Crippen molar-refractivity contribution in [2.24, 2.45) is 5.41 Å². The zero-order valence-corrected chi connectivity index (χ0v) is 18.0. The van der Waals surface area contributed by atoms with Crippen LogP contribution in [0.4, 0.5) is 0 Å². The number of carbonyl (C=O) groups excluding carboxylic acids is 2. The third kappa shape index (κ3) is 4.24. The first-order valence-corrected chi connectivity index (χ1v) is 10.6. The molecule has 0 saturated carbocycles. The Bertz CT molecular complexity index is 1050. The van der Waals surface area contributed by atoms with Crippen molar-refractivity contribution in [2.45, 2.75) is 19.3 Å². The molecule has 31 heavy (non-hydrogen) atoms. The maximum absolute atomic E-state index is 13.5. The Morgan fingerprint density at radius 2 is 1.81 bits per heavy atom. The molecule has 6 heteroatoms. The maximum Gasteiger partial charge on any atom is 0.271 e. The Balaban J connectivity index is 1.70. The Kier molecular flexibility index (Phi) is 5.89. The molecule has 1 atom stereocenters. The summed E-state index contributed by atoms with van der Waals surface area (Å²) in [6.45, 7) is 1.03. The summed E-state index contributed by atoms with van der Waals surface area (Å²) in [7, 11) is 3.59. The molecule has 6 nitrogen and oxygen atoms in total. The second-order valence-electron chi connectivity index (χ2n) is 8.48. The molecule has 160 valence electrons. The molecule has 1 N–H and O–H groups in total. The van der Waals surface area contributed by atoms with Crippen molar-refractivity contribution in [1.82, 2.24) is 20.0 Å². The fraction of sp³-hybridized carbons (Fsp3) is 0.320. The van der Waals surface area contributed by atoms with Gasteiger partial charge in [0.2, 0.25) is 5.91 Å². The summed E-state index contributed by atoms with van der Waals surface area (Å²) >= 11 is 0. The van der Waals surface area contributed by atoms with E-state index in [0.717, 1.165) is 29.5 Å². The largest absolute Gasteiger partial charge is 0.348 e. The molecular formula is C25H28N4O2. The van der Waals surface area contributed by atoms with E-state index in [9.17, 15) is 9.59 Å². The van der Waals surface area contributed by atoms with E-state index in [1.54, 1.807) is 36.2 Å². The van der Waals surface area contributed by atoms with E-state index >= 15 is 0 Å². The van der Waals surface area contributed by atoms with Crippen molar-refractivity contribution < 1.29 is 9.59 Å². The molecule has 0 bridgehead atoms. The predicted molar refractivity (Wildman–Crippen MR) is 120 cm³/mol. The van der Waals surface area contributed by atoms with E-state index < -0.39 is 5.41 Å². The van der Waals surface area contributed by atoms with Crippen LogP contribution in [0.25, 0.3) is 11.1 Å². The molecule has 1 saturated heterocycles. The molecule has 2 heterocycles. The van der Waals surface area contributed by atoms with Crippen LogP contribution in [0.3, 0.4) is 0 Å². The summed E-state index contributed by atoms with van der Waals surface area (Å²) in [6.07, 6.45) is 3.69. The van der Waals surface area contributed by atoms with E-state index in [1.165, 1.54) is 0 Å². The highest BCUT2D eigenvalue weighted by Crippen LogP contribution is 2.38. The van der Waals surface area contributed by atoms with Gasteiger partial charge in [0.25, 0.3) is 5.91 Å². The van der Waals surface area contributed by atoms with Crippen LogP contribution in [0.15, 0.2) is 66.9 Å². The van der Waals surface area contributed by atoms with Gasteiger partial charge >= 0.3 is 0 Å². The number of nitrogens with one attached hydrogen (secondary N) is 1. The minimum Gasteiger partial charge on any atom is -0.348 e. The van der Waals surface area contributed by atoms with Crippen LogP contribution in [0.2, 0.25) is 0 Å². The van der Waals surface area contributed by atoms with Crippen molar-refractivity contribution in [3.63, 3.8) is 0 Å². The highest BCUT2D eigenvalue weighted by molar-refractivity contribution is 5.93. The summed E-state index contributed by atoms with van der Waals surface area (Å²) in [5.41, 5.74) is 3.18. The fourth-order valence-corrected chi connectivity index (χ4v) is 4.66. The lowest BCUT2D eigenvalue weighted by Crippen LogP contribution is -2.54. The zero-order valence-electron chi connectivity index (χ0n) is 18.0. The molecule has 1 aromatic heterocycles. The number of aromatic amines is 1. The van der Waals surface area contributed by atoms with Crippen LogP contribution in [-0.2, 0) is 11.2 Å². The smallest absolute Gasteiger partial charge is 0.271 e. The number of aromatic nitrogens is 2. The Labute approximate surface area is 182 Å². The number of hydrogen-bond acceptors (Lipinski definition) is 3. The Morgan fingerprint density at radius 1 is 1.06 bits per heavy atom. The SMILES string of the molecule is CN(C)C(=O)[C@@]1(Cc2ccccc2-c2ccccc2)CCCN(C(=O)c2ccn[nH]2)C1. The van der Waals surface area contributed by atoms with Gasteiger partial charge in [0.1, 0.15) is 5.69 Å². The van der Waals surface area contributed by atoms with Crippen LogP contribution in [0, 0.1) is 5.41 Å². The number of nitrogens with zero attached hydrogens (tertiary/aromatic N) is 3. The molecule has 0 radical (unpaired) electrons. The number of likely N-dealkylation sites (tertiary alicyclic amines) is 1. The number of carbonyl (C=O) groups is 2. The van der Waals surface area contributed by atoms with Crippen molar-refractivity contribution in [1.29, 1.82) is 0 Å². The van der Waals surface area contributed by atoms with Crippen LogP contribution < -0.4 is 0 Å². The quantitative estimate of drug-likeness (QED) is 0.691. The topological polar surface area (TPSA) is 69.3 Å². The molecule has 0 unspecified atom stereocenters. The first-order valence-electron chi connectivity index (χ1n) is 10.6. The van der Waals surface area contributed by atoms with Gasteiger partial charge in [-0.15, -0.1) is 0 Å². The van der Waals surface area contributed by atoms with Gasteiger partial charge in [0, 0.05) is 33.4 Å². The van der Waals surface area contributed by atoms with E-state index in [0.29, 0.717) is 25.2 Å². The third-order valence-electron chi connectivity index (χ3n) is 6.09. The van der Waals surface area contributed by atoms with E-state index in [-0.39, 0.29) is 11.8 Å². The van der Waals surface area contributed by atoms with E-state index in [4.69, 9.17) is 0 Å². The van der Waals surface area contributed by atoms with Gasteiger partial charge in [-0.1, -0.05) is 54.6 Å². The van der Waals surface area contributed by atoms with Gasteiger partial charge in [-0.2, -0.15) is 5.10 Å². The van der Waals surface area contributed by atoms with Crippen molar-refractivity contribution >= 4 is 11.8 Å². The second kappa shape index (κ2) is 8.76. The molecule has 4 rings (SSSR count). The van der Waals surface area contributed by atoms with Gasteiger partial charge in [0.15, 0.2) is 0 Å². The standard InChI is InChI=1S/C25H28N4O2/c1-28(2)24(31)25(14-8-16-29(18-25)23(30)22-13-15-26-27-22)17-20-11-6-7-12-21(20)19-9-4-3-5-10-19/h3-7,9-13,15H,8,14,16-18H2,1-2H3,(H,26,27)/t25-/m1/s1. The average Bonchev–Trinajstić information content (AvgIpc) is 3.34. The van der Waals surface area contributed by atoms with Crippen LogP contribution in [-0.4, -0.2) is 59.0 Å². The minimum absolute atomic E-state index is 0.0671. The van der Waals surface area contributed by atoms with Gasteiger partial charge in [-0.3, -0.25) is 14.7 Å². The maximum atomic E-state index is 13.5. The first-order chi connectivity index (χ1) is 15.0. The van der Waals surface area contributed by atoms with Gasteiger partial charge < -0.3 is 9.80 Å². The molecular weight excluding hydrogens is 388 g/mol. The lowest BCUT2D eigenvalue weighted by Gasteiger charge is -2.43. The summed E-state index contributed by atoms with van der Waals surface area (Å²) in [5, 5.41) is 6.66. The van der Waals surface area contributed by atoms with Crippen LogP contribution in [0.5, 0.6) is 0 Å². The van der Waals surface area contributed by atoms with Gasteiger partial charge in [0.05, 0.1) is 5.41 Å². The van der Waals surface area contributed by atoms with Crippen molar-refractivity contribution in [3.8, 4) is 11.1 Å². The molecule has 2 amide bonds. The number of piperidine rings is 1. The third-order valence-corrected chi connectivity index (χ3v) is 6.09. The summed E-state index contributed by atoms with van der Waals surface area (Å²) in [5.74, 6) is -0.0399. The van der Waals surface area contributed by atoms with Crippen molar-refractivity contribution in [2.75, 3.05) is 27.2 Å². The molecule has 2 aromatic carbocycles. The van der Waals surface area contributed by atoms with Gasteiger partial charge in [-0.25, -0.2) is 0 Å². The summed E-state index contributed by atoms with van der Waals surface area (Å²) in [4.78, 5) is 30.0. The fourth-order valence-electron chi connectivity index (χ4n) is 4.66. The first kappa shape index (κ1) is 20.8. The lowest BCUT2D eigenvalue weighted by molar-refractivity contribution is -0.142. The Morgan fingerprint density at radius 3 is 2.52 bits per heavy atom. The zero-order chi connectivity index (χ0) is 21.8. The monoisotopic (exact) mass is 416 g/mol. The van der Waals surface area contributed by atoms with Crippen LogP contribution in [0.1, 0.15) is 28.9 Å². The van der Waals surface area contributed by atoms with Crippen LogP contribution >= 0.6 is 0 Å². The molecule has 1 aliphatic heterocycles. The van der Waals surface area contributed by atoms with Crippen molar-refractivity contribution in [3.05, 3.63) is 78.1 Å². The number of benzene rings is 2. The lowest BCUT2D eigenvalue weighted by atomic mass is 9.72. The predicted octanol–water partition coefficient (Wildman–Crippen LogP) is 3.63. The average molecular weight is 417 g/mol. The summed E-state index contributed by atoms with van der Waals surface area (Å²) < 4.78 is 0. The normalized spacial score (nSPS) is 18.6. The summed E-state index contributed by atoms with van der Waals surface area (Å²) in [6, 6.07) is 20.2. The highest BCUT2D eigenvalue weighted by atomic mass is 16.2. The van der Waals surface area contributed by atoms with E-state index in [1.807, 2.05) is 30.3 Å². The number of amides is 2. The second-order valence-corrected chi connectivity index (χ2v) is 8.48. The highest BCUT2D eigenvalue weighted by Gasteiger charge is 2.45. The molecule has 1 fully saturated rings. The molecule has 0 spiro atoms. The van der Waals surface area contributed by atoms with E-state index in [2.05, 4.69) is 34.5 Å². The number of H-pyrrole nitrogens is 1. The number of rotatable bonds is 5.